The summed E-state index contributed by atoms with van der Waals surface area (Å²) >= 11 is 0. The molecule has 2 aliphatic rings. The van der Waals surface area contributed by atoms with Crippen LogP contribution in [0.4, 0.5) is 0 Å². The number of benzene rings is 6. The van der Waals surface area contributed by atoms with E-state index in [1.54, 1.807) is 66.7 Å². The monoisotopic (exact) mass is 696 g/mol. The maximum Gasteiger partial charge on any atom is 0.138 e. The highest BCUT2D eigenvalue weighted by Gasteiger charge is 2.44. The highest BCUT2D eigenvalue weighted by molar-refractivity contribution is 5.73. The maximum atomic E-state index is 11.8. The van der Waals surface area contributed by atoms with E-state index in [1.807, 2.05) is 6.08 Å². The summed E-state index contributed by atoms with van der Waals surface area (Å²) in [7, 11) is 0. The van der Waals surface area contributed by atoms with Gasteiger partial charge in [-0.15, -0.1) is 0 Å². The Kier molecular flexibility index (Phi) is 7.72. The number of phenols is 8. The van der Waals surface area contributed by atoms with Crippen molar-refractivity contribution >= 4 is 12.2 Å². The fraction of sp³-hybridized carbons (Fsp3) is 0.0952. The van der Waals surface area contributed by atoms with E-state index in [4.69, 9.17) is 9.47 Å². The van der Waals surface area contributed by atoms with Crippen molar-refractivity contribution in [2.75, 3.05) is 0 Å². The van der Waals surface area contributed by atoms with Gasteiger partial charge in [0.05, 0.1) is 11.8 Å². The SMILES string of the molecule is Oc1ccc(/C=C\c2cc(O)c3c(c2)O[C@H](c2ccc(O)cc2O)[C@H]3c2cc(O)c3c(c2)O[C@H](c2ccc(O)cc2)[C@@H]3c2cc(O)cc(O)c2)cc1. The lowest BCUT2D eigenvalue weighted by atomic mass is 9.81. The molecule has 4 atom stereocenters. The molecule has 260 valence electrons. The number of ether oxygens (including phenoxy) is 2. The molecule has 0 fully saturated rings. The van der Waals surface area contributed by atoms with Gasteiger partial charge in [0, 0.05) is 28.8 Å². The molecule has 0 unspecified atom stereocenters. The van der Waals surface area contributed by atoms with Gasteiger partial charge < -0.3 is 50.3 Å². The molecule has 0 radical (unpaired) electrons. The van der Waals surface area contributed by atoms with Gasteiger partial charge in [0.25, 0.3) is 0 Å². The van der Waals surface area contributed by atoms with Crippen LogP contribution < -0.4 is 9.47 Å². The summed E-state index contributed by atoms with van der Waals surface area (Å²) in [6.07, 6.45) is 1.95. The molecule has 0 aliphatic carbocycles. The van der Waals surface area contributed by atoms with E-state index in [9.17, 15) is 40.9 Å². The Bertz CT molecular complexity index is 2350. The minimum atomic E-state index is -0.914. The molecule has 0 bridgehead atoms. The van der Waals surface area contributed by atoms with Crippen molar-refractivity contribution in [2.24, 2.45) is 0 Å². The van der Waals surface area contributed by atoms with E-state index >= 15 is 0 Å². The minimum absolute atomic E-state index is 0.0539. The molecule has 0 aromatic heterocycles. The molecule has 10 nitrogen and oxygen atoms in total. The first-order chi connectivity index (χ1) is 25.0. The molecular formula is C42H32O10. The van der Waals surface area contributed by atoms with Gasteiger partial charge in [-0.3, -0.25) is 0 Å². The molecule has 8 N–H and O–H groups in total. The second kappa shape index (κ2) is 12.4. The van der Waals surface area contributed by atoms with Gasteiger partial charge in [-0.05, 0) is 101 Å². The highest BCUT2D eigenvalue weighted by atomic mass is 16.5. The molecule has 2 aliphatic heterocycles. The summed E-state index contributed by atoms with van der Waals surface area (Å²) in [5.41, 5.74) is 4.19. The predicted octanol–water partition coefficient (Wildman–Crippen LogP) is 8.03. The molecule has 6 aromatic carbocycles. The van der Waals surface area contributed by atoms with Crippen LogP contribution in [0.5, 0.6) is 57.5 Å². The summed E-state index contributed by atoms with van der Waals surface area (Å²) in [6.45, 7) is 0. The van der Waals surface area contributed by atoms with Crippen LogP contribution in [-0.2, 0) is 0 Å². The first-order valence-corrected chi connectivity index (χ1v) is 16.4. The Balaban J connectivity index is 1.26. The summed E-state index contributed by atoms with van der Waals surface area (Å²) in [5, 5.41) is 84.8. The van der Waals surface area contributed by atoms with E-state index in [2.05, 4.69) is 0 Å². The van der Waals surface area contributed by atoms with E-state index in [-0.39, 0.29) is 46.0 Å². The van der Waals surface area contributed by atoms with E-state index in [0.717, 1.165) is 5.56 Å². The summed E-state index contributed by atoms with van der Waals surface area (Å²) < 4.78 is 13.0. The lowest BCUT2D eigenvalue weighted by Crippen LogP contribution is -2.12. The Morgan fingerprint density at radius 1 is 0.385 bits per heavy atom. The van der Waals surface area contributed by atoms with Crippen molar-refractivity contribution in [3.8, 4) is 57.5 Å². The molecule has 8 rings (SSSR count). The molecular weight excluding hydrogens is 664 g/mol. The average Bonchev–Trinajstić information content (AvgIpc) is 3.68. The lowest BCUT2D eigenvalue weighted by Gasteiger charge is -2.22. The Morgan fingerprint density at radius 3 is 1.60 bits per heavy atom. The van der Waals surface area contributed by atoms with Crippen LogP contribution in [0.2, 0.25) is 0 Å². The first kappa shape index (κ1) is 32.3. The summed E-state index contributed by atoms with van der Waals surface area (Å²) in [4.78, 5) is 0. The fourth-order valence-corrected chi connectivity index (χ4v) is 7.27. The average molecular weight is 697 g/mol. The predicted molar refractivity (Wildman–Crippen MR) is 191 cm³/mol. The third-order valence-corrected chi connectivity index (χ3v) is 9.57. The number of aromatic hydroxyl groups is 8. The summed E-state index contributed by atoms with van der Waals surface area (Å²) in [6, 6.07) is 28.0. The number of hydrogen-bond acceptors (Lipinski definition) is 10. The zero-order valence-corrected chi connectivity index (χ0v) is 27.3. The van der Waals surface area contributed by atoms with Gasteiger partial charge in [0.1, 0.15) is 69.7 Å². The van der Waals surface area contributed by atoms with Crippen LogP contribution in [0.3, 0.4) is 0 Å². The van der Waals surface area contributed by atoms with E-state index in [0.29, 0.717) is 50.4 Å². The first-order valence-electron chi connectivity index (χ1n) is 16.4. The highest BCUT2D eigenvalue weighted by Crippen LogP contribution is 2.59. The number of hydrogen-bond donors (Lipinski definition) is 8. The minimum Gasteiger partial charge on any atom is -0.508 e. The zero-order valence-electron chi connectivity index (χ0n) is 27.3. The van der Waals surface area contributed by atoms with E-state index < -0.39 is 24.0 Å². The maximum absolute atomic E-state index is 11.8. The lowest BCUT2D eigenvalue weighted by molar-refractivity contribution is 0.215. The van der Waals surface area contributed by atoms with Gasteiger partial charge in [0.15, 0.2) is 0 Å². The molecule has 0 saturated heterocycles. The Morgan fingerprint density at radius 2 is 0.923 bits per heavy atom. The standard InChI is InChI=1S/C42H32O10/c43-26-7-3-21(4-8-26)1-2-22-13-33(49)39-35(14-22)52-42(31-12-11-28(45)20-32(31)48)38(39)25-17-34(50)40-36(18-25)51-41(23-5-9-27(44)10-6-23)37(40)24-15-29(46)19-30(47)16-24/h1-20,37-38,41-50H/b2-1-/t37-,38+,41-,42-/m1/s1. The normalized spacial score (nSPS) is 18.8. The second-order valence-electron chi connectivity index (χ2n) is 13.0. The third-order valence-electron chi connectivity index (χ3n) is 9.57. The zero-order chi connectivity index (χ0) is 36.3. The van der Waals surface area contributed by atoms with E-state index in [1.165, 1.54) is 48.5 Å². The van der Waals surface area contributed by atoms with Crippen LogP contribution in [0.25, 0.3) is 12.2 Å². The van der Waals surface area contributed by atoms with Crippen molar-refractivity contribution < 1.29 is 50.3 Å². The van der Waals surface area contributed by atoms with Gasteiger partial charge in [-0.1, -0.05) is 36.4 Å². The van der Waals surface area contributed by atoms with Crippen LogP contribution >= 0.6 is 0 Å². The van der Waals surface area contributed by atoms with Crippen LogP contribution in [0, 0.1) is 0 Å². The largest absolute Gasteiger partial charge is 0.508 e. The third kappa shape index (κ3) is 5.75. The van der Waals surface area contributed by atoms with Gasteiger partial charge in [-0.2, -0.15) is 0 Å². The fourth-order valence-electron chi connectivity index (χ4n) is 7.27. The van der Waals surface area contributed by atoms with Gasteiger partial charge >= 0.3 is 0 Å². The number of phenolic OH excluding ortho intramolecular Hbond substituents is 8. The Hall–Kier alpha value is -6.94. The van der Waals surface area contributed by atoms with Gasteiger partial charge in [-0.25, -0.2) is 0 Å². The Labute approximate surface area is 297 Å². The van der Waals surface area contributed by atoms with Crippen molar-refractivity contribution in [3.05, 3.63) is 154 Å². The number of rotatable bonds is 6. The van der Waals surface area contributed by atoms with Crippen molar-refractivity contribution in [2.45, 2.75) is 24.0 Å². The topological polar surface area (TPSA) is 180 Å². The smallest absolute Gasteiger partial charge is 0.138 e. The second-order valence-corrected chi connectivity index (χ2v) is 13.0. The van der Waals surface area contributed by atoms with Crippen molar-refractivity contribution in [1.29, 1.82) is 0 Å². The van der Waals surface area contributed by atoms with Crippen LogP contribution in [0.15, 0.2) is 109 Å². The van der Waals surface area contributed by atoms with Crippen LogP contribution in [-0.4, -0.2) is 40.9 Å². The summed E-state index contributed by atoms with van der Waals surface area (Å²) in [5.74, 6) is -1.61. The van der Waals surface area contributed by atoms with Crippen LogP contribution in [0.1, 0.15) is 68.6 Å². The molecule has 2 heterocycles. The van der Waals surface area contributed by atoms with Crippen molar-refractivity contribution in [3.63, 3.8) is 0 Å². The molecule has 0 spiro atoms. The molecule has 0 saturated carbocycles. The molecule has 10 heteroatoms. The van der Waals surface area contributed by atoms with Crippen molar-refractivity contribution in [1.82, 2.24) is 0 Å². The quantitative estimate of drug-likeness (QED) is 0.0795. The number of fused-ring (bicyclic) bond motifs is 2. The molecule has 0 amide bonds. The van der Waals surface area contributed by atoms with Gasteiger partial charge in [0.2, 0.25) is 0 Å². The molecule has 52 heavy (non-hydrogen) atoms. The molecule has 6 aromatic rings.